The molecule has 2 aliphatic rings. The fourth-order valence-corrected chi connectivity index (χ4v) is 3.35. The maximum absolute atomic E-state index is 5.51. The first-order valence-electron chi connectivity index (χ1n) is 6.75. The van der Waals surface area contributed by atoms with Crippen LogP contribution in [0, 0.1) is 6.92 Å². The van der Waals surface area contributed by atoms with E-state index >= 15 is 0 Å². The zero-order chi connectivity index (χ0) is 12.8. The predicted octanol–water partition coefficient (Wildman–Crippen LogP) is 2.29. The van der Waals surface area contributed by atoms with Crippen molar-refractivity contribution in [3.05, 3.63) is 23.8 Å². The molecule has 2 saturated heterocycles. The highest BCUT2D eigenvalue weighted by molar-refractivity contribution is 5.62. The Morgan fingerprint density at radius 2 is 2.06 bits per heavy atom. The second kappa shape index (κ2) is 4.16. The van der Waals surface area contributed by atoms with Crippen molar-refractivity contribution in [3.8, 4) is 5.75 Å². The van der Waals surface area contributed by atoms with Crippen molar-refractivity contribution in [3.63, 3.8) is 0 Å². The lowest BCUT2D eigenvalue weighted by Crippen LogP contribution is -2.67. The molecule has 3 heteroatoms. The van der Waals surface area contributed by atoms with Gasteiger partial charge in [-0.25, -0.2) is 0 Å². The molecule has 2 heterocycles. The Morgan fingerprint density at radius 1 is 1.28 bits per heavy atom. The smallest absolute Gasteiger partial charge is 0.142 e. The molecule has 0 atom stereocenters. The summed E-state index contributed by atoms with van der Waals surface area (Å²) in [4.78, 5) is 4.98. The number of aryl methyl sites for hydroxylation is 1. The first-order chi connectivity index (χ1) is 8.64. The minimum Gasteiger partial charge on any atom is -0.495 e. The third-order valence-electron chi connectivity index (χ3n) is 4.59. The number of anilines is 1. The maximum atomic E-state index is 5.51. The van der Waals surface area contributed by atoms with E-state index in [2.05, 4.69) is 42.0 Å². The first-order valence-corrected chi connectivity index (χ1v) is 6.75. The van der Waals surface area contributed by atoms with Gasteiger partial charge in [0.25, 0.3) is 0 Å². The topological polar surface area (TPSA) is 15.7 Å². The molecule has 3 rings (SSSR count). The van der Waals surface area contributed by atoms with E-state index in [0.717, 1.165) is 18.8 Å². The van der Waals surface area contributed by atoms with E-state index < -0.39 is 0 Å². The van der Waals surface area contributed by atoms with E-state index in [0.29, 0.717) is 5.54 Å². The molecule has 2 aliphatic heterocycles. The summed E-state index contributed by atoms with van der Waals surface area (Å²) in [7, 11) is 4.02. The number of benzene rings is 1. The van der Waals surface area contributed by atoms with Crippen LogP contribution in [0.3, 0.4) is 0 Å². The highest BCUT2D eigenvalue weighted by Gasteiger charge is 2.48. The highest BCUT2D eigenvalue weighted by atomic mass is 16.5. The lowest BCUT2D eigenvalue weighted by atomic mass is 9.86. The van der Waals surface area contributed by atoms with Gasteiger partial charge >= 0.3 is 0 Å². The van der Waals surface area contributed by atoms with Gasteiger partial charge in [-0.2, -0.15) is 0 Å². The summed E-state index contributed by atoms with van der Waals surface area (Å²) in [6.45, 7) is 5.64. The summed E-state index contributed by atoms with van der Waals surface area (Å²) in [6, 6.07) is 6.48. The van der Waals surface area contributed by atoms with Crippen LogP contribution in [-0.4, -0.2) is 44.2 Å². The number of ether oxygens (including phenoxy) is 1. The molecule has 3 nitrogen and oxygen atoms in total. The summed E-state index contributed by atoms with van der Waals surface area (Å²) in [5.74, 6) is 1.01. The van der Waals surface area contributed by atoms with Crippen LogP contribution in [0.4, 0.5) is 5.69 Å². The fourth-order valence-electron chi connectivity index (χ4n) is 3.35. The predicted molar refractivity (Wildman–Crippen MR) is 74.5 cm³/mol. The minimum atomic E-state index is 0.440. The number of hydrogen-bond acceptors (Lipinski definition) is 3. The van der Waals surface area contributed by atoms with Crippen molar-refractivity contribution in [2.24, 2.45) is 0 Å². The van der Waals surface area contributed by atoms with Crippen molar-refractivity contribution in [1.29, 1.82) is 0 Å². The molecule has 0 N–H and O–H groups in total. The standard InChI is InChI=1S/C15H22N2O/c1-12-5-6-13(14(9-12)18-3)17-10-15(11-17)7-4-8-16(15)2/h5-6,9H,4,7-8,10-11H2,1-3H3. The lowest BCUT2D eigenvalue weighted by Gasteiger charge is -2.53. The molecule has 1 aromatic carbocycles. The molecule has 0 bridgehead atoms. The Balaban J connectivity index is 1.78. The van der Waals surface area contributed by atoms with Crippen molar-refractivity contribution in [2.75, 3.05) is 38.7 Å². The van der Waals surface area contributed by atoms with E-state index in [1.165, 1.54) is 30.6 Å². The van der Waals surface area contributed by atoms with E-state index in [1.54, 1.807) is 7.11 Å². The summed E-state index contributed by atoms with van der Waals surface area (Å²) in [5.41, 5.74) is 2.94. The zero-order valence-corrected chi connectivity index (χ0v) is 11.6. The van der Waals surface area contributed by atoms with Crippen LogP contribution in [0.2, 0.25) is 0 Å². The molecule has 2 fully saturated rings. The normalized spacial score (nSPS) is 22.3. The Bertz CT molecular complexity index is 452. The Hall–Kier alpha value is -1.22. The summed E-state index contributed by atoms with van der Waals surface area (Å²) < 4.78 is 5.51. The van der Waals surface area contributed by atoms with Crippen molar-refractivity contribution < 1.29 is 4.74 Å². The number of likely N-dealkylation sites (N-methyl/N-ethyl adjacent to an activating group) is 1. The molecule has 0 saturated carbocycles. The molecular weight excluding hydrogens is 224 g/mol. The average Bonchev–Trinajstić information content (AvgIpc) is 2.69. The minimum absolute atomic E-state index is 0.440. The van der Waals surface area contributed by atoms with Crippen molar-refractivity contribution in [1.82, 2.24) is 4.90 Å². The number of hydrogen-bond donors (Lipinski definition) is 0. The molecule has 0 radical (unpaired) electrons. The van der Waals surface area contributed by atoms with Crippen molar-refractivity contribution in [2.45, 2.75) is 25.3 Å². The quantitative estimate of drug-likeness (QED) is 0.796. The molecule has 0 aliphatic carbocycles. The molecular formula is C15H22N2O. The van der Waals surface area contributed by atoms with Crippen LogP contribution in [0.1, 0.15) is 18.4 Å². The van der Waals surface area contributed by atoms with E-state index in [-0.39, 0.29) is 0 Å². The number of methoxy groups -OCH3 is 1. The van der Waals surface area contributed by atoms with Crippen LogP contribution >= 0.6 is 0 Å². The molecule has 98 valence electrons. The monoisotopic (exact) mass is 246 g/mol. The molecule has 0 aromatic heterocycles. The van der Waals surface area contributed by atoms with E-state index in [9.17, 15) is 0 Å². The molecule has 0 amide bonds. The zero-order valence-electron chi connectivity index (χ0n) is 11.6. The summed E-state index contributed by atoms with van der Waals surface area (Å²) >= 11 is 0. The first kappa shape index (κ1) is 11.8. The van der Waals surface area contributed by atoms with Crippen LogP contribution < -0.4 is 9.64 Å². The maximum Gasteiger partial charge on any atom is 0.142 e. The molecule has 18 heavy (non-hydrogen) atoms. The molecule has 0 unspecified atom stereocenters. The largest absolute Gasteiger partial charge is 0.495 e. The SMILES string of the molecule is COc1cc(C)ccc1N1CC2(CCCN2C)C1. The van der Waals surface area contributed by atoms with Crippen molar-refractivity contribution >= 4 is 5.69 Å². The van der Waals surface area contributed by atoms with Gasteiger partial charge in [-0.15, -0.1) is 0 Å². The van der Waals surface area contributed by atoms with Gasteiger partial charge < -0.3 is 9.64 Å². The third-order valence-corrected chi connectivity index (χ3v) is 4.59. The molecule has 1 spiro atoms. The van der Waals surface area contributed by atoms with Crippen LogP contribution in [0.5, 0.6) is 5.75 Å². The van der Waals surface area contributed by atoms with E-state index in [1.807, 2.05) is 0 Å². The van der Waals surface area contributed by atoms with Crippen LogP contribution in [0.25, 0.3) is 0 Å². The van der Waals surface area contributed by atoms with Crippen LogP contribution in [-0.2, 0) is 0 Å². The summed E-state index contributed by atoms with van der Waals surface area (Å²) in [5, 5.41) is 0. The lowest BCUT2D eigenvalue weighted by molar-refractivity contribution is 0.132. The molecule has 1 aromatic rings. The van der Waals surface area contributed by atoms with Gasteiger partial charge in [0.05, 0.1) is 18.3 Å². The fraction of sp³-hybridized carbons (Fsp3) is 0.600. The Labute approximate surface area is 109 Å². The van der Waals surface area contributed by atoms with Crippen LogP contribution in [0.15, 0.2) is 18.2 Å². The van der Waals surface area contributed by atoms with Gasteiger partial charge in [0.15, 0.2) is 0 Å². The van der Waals surface area contributed by atoms with E-state index in [4.69, 9.17) is 4.74 Å². The second-order valence-corrected chi connectivity index (χ2v) is 5.78. The second-order valence-electron chi connectivity index (χ2n) is 5.78. The third kappa shape index (κ3) is 1.69. The highest BCUT2D eigenvalue weighted by Crippen LogP contribution is 2.41. The number of nitrogens with zero attached hydrogens (tertiary/aromatic N) is 2. The van der Waals surface area contributed by atoms with Gasteiger partial charge in [-0.05, 0) is 51.1 Å². The van der Waals surface area contributed by atoms with Gasteiger partial charge in [0.1, 0.15) is 5.75 Å². The van der Waals surface area contributed by atoms with Gasteiger partial charge in [-0.1, -0.05) is 6.07 Å². The summed E-state index contributed by atoms with van der Waals surface area (Å²) in [6.07, 6.45) is 2.68. The number of likely N-dealkylation sites (tertiary alicyclic amines) is 1. The van der Waals surface area contributed by atoms with Gasteiger partial charge in [-0.3, -0.25) is 4.90 Å². The van der Waals surface area contributed by atoms with Gasteiger partial charge in [0.2, 0.25) is 0 Å². The van der Waals surface area contributed by atoms with Gasteiger partial charge in [0, 0.05) is 13.1 Å². The number of rotatable bonds is 2. The average molecular weight is 246 g/mol. The Morgan fingerprint density at radius 3 is 2.67 bits per heavy atom. The Kier molecular flexibility index (Phi) is 2.74.